The molecule has 2 aromatic heterocycles. The third kappa shape index (κ3) is 4.45. The summed E-state index contributed by atoms with van der Waals surface area (Å²) in [5.41, 5.74) is 5.94. The van der Waals surface area contributed by atoms with Gasteiger partial charge in [0, 0.05) is 47.0 Å². The minimum Gasteiger partial charge on any atom is -0.309 e. The second kappa shape index (κ2) is 11.3. The predicted octanol–water partition coefficient (Wildman–Crippen LogP) is 15.0. The van der Waals surface area contributed by atoms with E-state index in [0.29, 0.717) is 0 Å². The van der Waals surface area contributed by atoms with E-state index in [4.69, 9.17) is 0 Å². The molecule has 0 radical (unpaired) electrons. The fourth-order valence-electron chi connectivity index (χ4n) is 8.04. The highest BCUT2D eigenvalue weighted by Gasteiger charge is 2.21. The van der Waals surface area contributed by atoms with Crippen molar-refractivity contribution >= 4 is 112 Å². The first-order chi connectivity index (χ1) is 25.3. The average molecular weight is 684 g/mol. The van der Waals surface area contributed by atoms with Gasteiger partial charge in [0.05, 0.1) is 10.4 Å². The Labute approximate surface area is 302 Å². The number of benzene rings is 9. The molecule has 51 heavy (non-hydrogen) atoms. The van der Waals surface area contributed by atoms with Crippen molar-refractivity contribution in [2.75, 3.05) is 4.90 Å². The summed E-state index contributed by atoms with van der Waals surface area (Å²) in [4.78, 5) is 2.48. The Morgan fingerprint density at radius 2 is 0.882 bits per heavy atom. The van der Waals surface area contributed by atoms with Gasteiger partial charge in [0.2, 0.25) is 0 Å². The van der Waals surface area contributed by atoms with Crippen LogP contribution in [0, 0.1) is 0 Å². The Morgan fingerprint density at radius 1 is 0.333 bits per heavy atom. The Bertz CT molecular complexity index is 3160. The van der Waals surface area contributed by atoms with Crippen molar-refractivity contribution in [3.63, 3.8) is 0 Å². The summed E-state index contributed by atoms with van der Waals surface area (Å²) in [5, 5.41) is 12.9. The predicted molar refractivity (Wildman–Crippen MR) is 225 cm³/mol. The Morgan fingerprint density at radius 3 is 1.67 bits per heavy atom. The number of thiophene rings is 2. The van der Waals surface area contributed by atoms with E-state index in [1.165, 1.54) is 89.5 Å². The van der Waals surface area contributed by atoms with Gasteiger partial charge in [-0.25, -0.2) is 0 Å². The van der Waals surface area contributed by atoms with Crippen LogP contribution in [0.15, 0.2) is 176 Å². The molecule has 0 aliphatic heterocycles. The van der Waals surface area contributed by atoms with Gasteiger partial charge in [-0.2, -0.15) is 0 Å². The molecule has 0 unspecified atom stereocenters. The van der Waals surface area contributed by atoms with Crippen LogP contribution >= 0.6 is 22.7 Å². The highest BCUT2D eigenvalue weighted by molar-refractivity contribution is 7.27. The maximum atomic E-state index is 2.48. The van der Waals surface area contributed by atoms with Crippen LogP contribution in [0.4, 0.5) is 17.1 Å². The van der Waals surface area contributed by atoms with Crippen LogP contribution in [-0.4, -0.2) is 0 Å². The molecule has 0 saturated carbocycles. The molecule has 0 spiro atoms. The SMILES string of the molecule is c1cc(-c2cccc3ccccc23)cc(N(c2ccc3c(c2)sc2c4ccccc4ccc32)c2cccc3c2sc2c4ccccc4ccc32)c1. The molecule has 0 atom stereocenters. The second-order valence-corrected chi connectivity index (χ2v) is 15.4. The number of fused-ring (bicyclic) bond motifs is 11. The molecule has 0 fully saturated rings. The summed E-state index contributed by atoms with van der Waals surface area (Å²) in [6.45, 7) is 0. The lowest BCUT2D eigenvalue weighted by molar-refractivity contribution is 1.31. The van der Waals surface area contributed by atoms with E-state index in [1.807, 2.05) is 22.7 Å². The molecular weight excluding hydrogens is 655 g/mol. The van der Waals surface area contributed by atoms with Gasteiger partial charge in [-0.3, -0.25) is 0 Å². The molecular formula is C48H29NS2. The van der Waals surface area contributed by atoms with E-state index in [1.54, 1.807) is 0 Å². The van der Waals surface area contributed by atoms with Crippen LogP contribution in [0.3, 0.4) is 0 Å². The summed E-state index contributed by atoms with van der Waals surface area (Å²) in [5.74, 6) is 0. The normalized spacial score (nSPS) is 11.9. The first-order valence-corrected chi connectivity index (χ1v) is 19.0. The van der Waals surface area contributed by atoms with Gasteiger partial charge in [0.1, 0.15) is 0 Å². The molecule has 0 aliphatic carbocycles. The highest BCUT2D eigenvalue weighted by Crippen LogP contribution is 2.48. The minimum atomic E-state index is 1.14. The average Bonchev–Trinajstić information content (AvgIpc) is 3.77. The van der Waals surface area contributed by atoms with Crippen LogP contribution < -0.4 is 4.90 Å². The molecule has 3 heteroatoms. The van der Waals surface area contributed by atoms with Crippen molar-refractivity contribution < 1.29 is 0 Å². The Hall–Kier alpha value is -6.00. The molecule has 238 valence electrons. The standard InChI is InChI=1S/C48H29NS2/c1-4-16-36-30(10-1)13-8-19-37(36)33-14-7-15-34(28-33)49(35-24-27-40-42-25-22-31-11-2-5-17-38(31)46(42)50-45(40)29-35)44-21-9-20-41-43-26-23-32-12-3-6-18-39(32)47(43)51-48(41)44/h1-29H. The Kier molecular flexibility index (Phi) is 6.36. The van der Waals surface area contributed by atoms with E-state index >= 15 is 0 Å². The van der Waals surface area contributed by atoms with E-state index < -0.39 is 0 Å². The summed E-state index contributed by atoms with van der Waals surface area (Å²) in [6.07, 6.45) is 0. The van der Waals surface area contributed by atoms with Crippen LogP contribution in [0.1, 0.15) is 0 Å². The van der Waals surface area contributed by atoms with Crippen LogP contribution in [0.25, 0.3) is 83.8 Å². The van der Waals surface area contributed by atoms with Crippen molar-refractivity contribution in [1.82, 2.24) is 0 Å². The van der Waals surface area contributed by atoms with Crippen molar-refractivity contribution in [3.8, 4) is 11.1 Å². The lowest BCUT2D eigenvalue weighted by atomic mass is 9.97. The second-order valence-electron chi connectivity index (χ2n) is 13.3. The van der Waals surface area contributed by atoms with Gasteiger partial charge in [-0.1, -0.05) is 146 Å². The number of anilines is 3. The van der Waals surface area contributed by atoms with Crippen LogP contribution in [-0.2, 0) is 0 Å². The molecule has 9 aromatic carbocycles. The van der Waals surface area contributed by atoms with E-state index in [-0.39, 0.29) is 0 Å². The lowest BCUT2D eigenvalue weighted by Gasteiger charge is -2.27. The molecule has 11 aromatic rings. The first-order valence-electron chi connectivity index (χ1n) is 17.3. The highest BCUT2D eigenvalue weighted by atomic mass is 32.1. The molecule has 0 amide bonds. The molecule has 0 bridgehead atoms. The van der Waals surface area contributed by atoms with Gasteiger partial charge in [0.15, 0.2) is 0 Å². The monoisotopic (exact) mass is 683 g/mol. The summed E-state index contributed by atoms with van der Waals surface area (Å²) >= 11 is 3.81. The summed E-state index contributed by atoms with van der Waals surface area (Å²) < 4.78 is 5.28. The van der Waals surface area contributed by atoms with E-state index in [0.717, 1.165) is 11.4 Å². The minimum absolute atomic E-state index is 1.14. The lowest BCUT2D eigenvalue weighted by Crippen LogP contribution is -2.10. The maximum absolute atomic E-state index is 2.48. The van der Waals surface area contributed by atoms with E-state index in [2.05, 4.69) is 181 Å². The molecule has 0 N–H and O–H groups in total. The topological polar surface area (TPSA) is 3.24 Å². The van der Waals surface area contributed by atoms with Gasteiger partial charge in [-0.05, 0) is 73.8 Å². The smallest absolute Gasteiger partial charge is 0.0640 e. The van der Waals surface area contributed by atoms with Crippen LogP contribution in [0.5, 0.6) is 0 Å². The Balaban J connectivity index is 1.18. The zero-order valence-corrected chi connectivity index (χ0v) is 29.1. The van der Waals surface area contributed by atoms with Gasteiger partial charge in [-0.15, -0.1) is 22.7 Å². The molecule has 2 heterocycles. The van der Waals surface area contributed by atoms with Crippen LogP contribution in [0.2, 0.25) is 0 Å². The van der Waals surface area contributed by atoms with Gasteiger partial charge >= 0.3 is 0 Å². The largest absolute Gasteiger partial charge is 0.309 e. The zero-order chi connectivity index (χ0) is 33.5. The van der Waals surface area contributed by atoms with Crippen molar-refractivity contribution in [2.45, 2.75) is 0 Å². The third-order valence-electron chi connectivity index (χ3n) is 10.4. The third-order valence-corrected chi connectivity index (χ3v) is 12.9. The number of nitrogens with zero attached hydrogens (tertiary/aromatic N) is 1. The van der Waals surface area contributed by atoms with Gasteiger partial charge in [0.25, 0.3) is 0 Å². The van der Waals surface area contributed by atoms with E-state index in [9.17, 15) is 0 Å². The molecule has 11 rings (SSSR count). The number of rotatable bonds is 4. The van der Waals surface area contributed by atoms with Crippen molar-refractivity contribution in [3.05, 3.63) is 176 Å². The zero-order valence-electron chi connectivity index (χ0n) is 27.5. The summed E-state index contributed by atoms with van der Waals surface area (Å²) in [7, 11) is 0. The maximum Gasteiger partial charge on any atom is 0.0640 e. The molecule has 1 nitrogen and oxygen atoms in total. The van der Waals surface area contributed by atoms with Crippen molar-refractivity contribution in [1.29, 1.82) is 0 Å². The summed E-state index contributed by atoms with van der Waals surface area (Å²) in [6, 6.07) is 64.9. The van der Waals surface area contributed by atoms with Gasteiger partial charge < -0.3 is 4.90 Å². The number of hydrogen-bond acceptors (Lipinski definition) is 3. The fraction of sp³-hybridized carbons (Fsp3) is 0. The van der Waals surface area contributed by atoms with Crippen molar-refractivity contribution in [2.24, 2.45) is 0 Å². The quantitative estimate of drug-likeness (QED) is 0.178. The first kappa shape index (κ1) is 28.8. The molecule has 0 aliphatic rings. The number of hydrogen-bond donors (Lipinski definition) is 0. The fourth-order valence-corrected chi connectivity index (χ4v) is 10.6. The molecule has 0 saturated heterocycles.